The van der Waals surface area contributed by atoms with Crippen molar-refractivity contribution in [1.29, 1.82) is 0 Å². The maximum absolute atomic E-state index is 12.7. The number of nitro benzene ring substituents is 1. The molecule has 0 aliphatic carbocycles. The number of sulfonamides is 1. The van der Waals surface area contributed by atoms with E-state index in [2.05, 4.69) is 0 Å². The first-order chi connectivity index (χ1) is 12.5. The van der Waals surface area contributed by atoms with Crippen LogP contribution in [0, 0.1) is 10.1 Å². The Morgan fingerprint density at radius 1 is 1.33 bits per heavy atom. The highest BCUT2D eigenvalue weighted by Gasteiger charge is 2.32. The van der Waals surface area contributed by atoms with Crippen LogP contribution in [0.15, 0.2) is 29.2 Å². The van der Waals surface area contributed by atoms with Crippen LogP contribution in [-0.2, 0) is 14.8 Å². The lowest BCUT2D eigenvalue weighted by Crippen LogP contribution is -3.15. The number of aliphatic hydroxyl groups is 1. The Morgan fingerprint density at radius 2 is 1.96 bits per heavy atom. The normalized spacial score (nSPS) is 18.4. The van der Waals surface area contributed by atoms with Crippen molar-refractivity contribution in [1.82, 2.24) is 4.31 Å². The monoisotopic (exact) mass is 402 g/mol. The number of ether oxygens (including phenoxy) is 1. The predicted molar refractivity (Wildman–Crippen MR) is 99.1 cm³/mol. The largest absolute Gasteiger partial charge is 0.385 e. The third-order valence-corrected chi connectivity index (χ3v) is 6.22. The van der Waals surface area contributed by atoms with Gasteiger partial charge in [-0.2, -0.15) is 4.31 Å². The number of piperazine rings is 1. The molecule has 1 saturated heterocycles. The molecule has 10 heteroatoms. The second-order valence-corrected chi connectivity index (χ2v) is 9.63. The summed E-state index contributed by atoms with van der Waals surface area (Å²) in [4.78, 5) is 11.3. The molecule has 1 aliphatic rings. The van der Waals surface area contributed by atoms with Gasteiger partial charge in [-0.15, -0.1) is 0 Å². The van der Waals surface area contributed by atoms with Crippen molar-refractivity contribution < 1.29 is 28.1 Å². The number of hydrogen-bond donors (Lipinski definition) is 2. The Morgan fingerprint density at radius 3 is 2.52 bits per heavy atom. The molecule has 0 bridgehead atoms. The summed E-state index contributed by atoms with van der Waals surface area (Å²) in [6.07, 6.45) is -0.612. The lowest BCUT2D eigenvalue weighted by molar-refractivity contribution is -0.906. The van der Waals surface area contributed by atoms with Gasteiger partial charge in [0.2, 0.25) is 10.0 Å². The molecule has 1 aromatic carbocycles. The Kier molecular flexibility index (Phi) is 6.92. The Labute approximate surface area is 159 Å². The fraction of sp³-hybridized carbons (Fsp3) is 0.647. The minimum Gasteiger partial charge on any atom is -0.385 e. The molecule has 0 saturated carbocycles. The van der Waals surface area contributed by atoms with Crippen LogP contribution in [0.3, 0.4) is 0 Å². The van der Waals surface area contributed by atoms with E-state index in [9.17, 15) is 23.6 Å². The van der Waals surface area contributed by atoms with Gasteiger partial charge in [-0.3, -0.25) is 10.1 Å². The standard InChI is InChI=1S/C17H27N3O6S/c1-17(2,3)26-13-15(21)12-18-7-9-19(10-8-18)27(24,25)16-6-4-5-14(11-16)20(22)23/h4-6,11,15,21H,7-10,12-13H2,1-3H3/p+1/t15-/m1/s1. The summed E-state index contributed by atoms with van der Waals surface area (Å²) in [5, 5.41) is 21.0. The quantitative estimate of drug-likeness (QED) is 0.476. The molecule has 1 heterocycles. The van der Waals surface area contributed by atoms with E-state index in [1.54, 1.807) is 0 Å². The predicted octanol–water partition coefficient (Wildman–Crippen LogP) is -0.340. The number of non-ortho nitro benzene ring substituents is 1. The van der Waals surface area contributed by atoms with Crippen molar-refractivity contribution in [2.24, 2.45) is 0 Å². The number of nitro groups is 1. The highest BCUT2D eigenvalue weighted by Crippen LogP contribution is 2.20. The van der Waals surface area contributed by atoms with Crippen LogP contribution in [0.2, 0.25) is 0 Å². The number of aliphatic hydroxyl groups excluding tert-OH is 1. The van der Waals surface area contributed by atoms with E-state index in [-0.39, 0.29) is 22.8 Å². The van der Waals surface area contributed by atoms with Gasteiger partial charge in [0.1, 0.15) is 12.6 Å². The third-order valence-electron chi connectivity index (χ3n) is 4.33. The molecule has 27 heavy (non-hydrogen) atoms. The molecule has 9 nitrogen and oxygen atoms in total. The lowest BCUT2D eigenvalue weighted by atomic mass is 10.2. The van der Waals surface area contributed by atoms with E-state index in [1.165, 1.54) is 22.5 Å². The van der Waals surface area contributed by atoms with Crippen molar-refractivity contribution in [3.8, 4) is 0 Å². The fourth-order valence-electron chi connectivity index (χ4n) is 2.89. The SMILES string of the molecule is CC(C)(C)OC[C@H](O)C[NH+]1CCN(S(=O)(=O)c2cccc([N+](=O)[O-])c2)CC1. The van der Waals surface area contributed by atoms with Crippen molar-refractivity contribution >= 4 is 15.7 Å². The fourth-order valence-corrected chi connectivity index (χ4v) is 4.37. The molecule has 0 spiro atoms. The molecule has 0 unspecified atom stereocenters. The van der Waals surface area contributed by atoms with Gasteiger partial charge in [-0.25, -0.2) is 8.42 Å². The summed E-state index contributed by atoms with van der Waals surface area (Å²) in [7, 11) is -3.77. The molecule has 1 aliphatic heterocycles. The van der Waals surface area contributed by atoms with Crippen LogP contribution in [0.5, 0.6) is 0 Å². The van der Waals surface area contributed by atoms with Crippen LogP contribution in [0.25, 0.3) is 0 Å². The summed E-state index contributed by atoms with van der Waals surface area (Å²) >= 11 is 0. The van der Waals surface area contributed by atoms with Crippen LogP contribution in [0.1, 0.15) is 20.8 Å². The van der Waals surface area contributed by atoms with E-state index in [0.717, 1.165) is 11.0 Å². The Hall–Kier alpha value is -1.59. The van der Waals surface area contributed by atoms with Crippen LogP contribution >= 0.6 is 0 Å². The molecule has 0 aromatic heterocycles. The molecule has 1 fully saturated rings. The zero-order chi connectivity index (χ0) is 20.2. The smallest absolute Gasteiger partial charge is 0.270 e. The molecular formula is C17H28N3O6S+. The summed E-state index contributed by atoms with van der Waals surface area (Å²) in [5.74, 6) is 0. The van der Waals surface area contributed by atoms with Crippen LogP contribution < -0.4 is 4.90 Å². The van der Waals surface area contributed by atoms with E-state index >= 15 is 0 Å². The average molecular weight is 402 g/mol. The van der Waals surface area contributed by atoms with Gasteiger partial charge >= 0.3 is 0 Å². The van der Waals surface area contributed by atoms with E-state index < -0.39 is 21.1 Å². The maximum atomic E-state index is 12.7. The Balaban J connectivity index is 1.92. The van der Waals surface area contributed by atoms with Crippen molar-refractivity contribution in [2.75, 3.05) is 39.3 Å². The third kappa shape index (κ3) is 6.22. The number of nitrogens with zero attached hydrogens (tertiary/aromatic N) is 2. The van der Waals surface area contributed by atoms with Gasteiger partial charge in [0, 0.05) is 12.1 Å². The molecule has 2 rings (SSSR count). The van der Waals surface area contributed by atoms with Crippen molar-refractivity contribution in [2.45, 2.75) is 37.4 Å². The summed E-state index contributed by atoms with van der Waals surface area (Å²) in [6, 6.07) is 5.09. The second-order valence-electron chi connectivity index (χ2n) is 7.69. The molecule has 0 radical (unpaired) electrons. The van der Waals surface area contributed by atoms with Crippen molar-refractivity contribution in [3.63, 3.8) is 0 Å². The van der Waals surface area contributed by atoms with E-state index in [1.807, 2.05) is 20.8 Å². The van der Waals surface area contributed by atoms with Gasteiger partial charge in [-0.05, 0) is 26.8 Å². The summed E-state index contributed by atoms with van der Waals surface area (Å²) < 4.78 is 32.4. The highest BCUT2D eigenvalue weighted by atomic mass is 32.2. The number of nitrogens with one attached hydrogen (secondary N) is 1. The molecule has 0 amide bonds. The van der Waals surface area contributed by atoms with Crippen LogP contribution in [-0.4, -0.2) is 73.8 Å². The van der Waals surface area contributed by atoms with Gasteiger partial charge < -0.3 is 14.7 Å². The molecule has 2 N–H and O–H groups in total. The van der Waals surface area contributed by atoms with Gasteiger partial charge in [-0.1, -0.05) is 6.07 Å². The zero-order valence-corrected chi connectivity index (χ0v) is 16.7. The topological polar surface area (TPSA) is 114 Å². The maximum Gasteiger partial charge on any atom is 0.270 e. The van der Waals surface area contributed by atoms with Crippen molar-refractivity contribution in [3.05, 3.63) is 34.4 Å². The summed E-state index contributed by atoms with van der Waals surface area (Å²) in [5.41, 5.74) is -0.566. The second kappa shape index (κ2) is 8.61. The minimum atomic E-state index is -3.77. The number of rotatable bonds is 7. The highest BCUT2D eigenvalue weighted by molar-refractivity contribution is 7.89. The van der Waals surface area contributed by atoms with Gasteiger partial charge in [0.25, 0.3) is 5.69 Å². The molecule has 1 atom stereocenters. The molecule has 152 valence electrons. The minimum absolute atomic E-state index is 0.0706. The first-order valence-electron chi connectivity index (χ1n) is 8.89. The van der Waals surface area contributed by atoms with Gasteiger partial charge in [0.15, 0.2) is 0 Å². The first-order valence-corrected chi connectivity index (χ1v) is 10.3. The Bertz CT molecular complexity index is 754. The van der Waals surface area contributed by atoms with Crippen LogP contribution in [0.4, 0.5) is 5.69 Å². The number of benzene rings is 1. The zero-order valence-electron chi connectivity index (χ0n) is 15.9. The molecular weight excluding hydrogens is 374 g/mol. The summed E-state index contributed by atoms with van der Waals surface area (Å²) in [6.45, 7) is 8.20. The average Bonchev–Trinajstić information content (AvgIpc) is 2.60. The lowest BCUT2D eigenvalue weighted by Gasteiger charge is -2.32. The molecule has 1 aromatic rings. The number of hydrogen-bond acceptors (Lipinski definition) is 6. The number of quaternary nitrogens is 1. The van der Waals surface area contributed by atoms with E-state index in [4.69, 9.17) is 4.74 Å². The van der Waals surface area contributed by atoms with E-state index in [0.29, 0.717) is 32.7 Å². The first kappa shape index (κ1) is 21.7. The van der Waals surface area contributed by atoms with Gasteiger partial charge in [0.05, 0.1) is 48.2 Å².